The molecule has 0 nitrogen and oxygen atoms in total. The van der Waals surface area contributed by atoms with E-state index in [1.165, 1.54) is 0 Å². The highest BCUT2D eigenvalue weighted by Gasteiger charge is 2.19. The molecule has 0 spiro atoms. The van der Waals surface area contributed by atoms with Gasteiger partial charge in [0.25, 0.3) is 0 Å². The van der Waals surface area contributed by atoms with Gasteiger partial charge in [0.2, 0.25) is 0 Å². The predicted octanol–water partition coefficient (Wildman–Crippen LogP) is 8.46. The Morgan fingerprint density at radius 1 is 0.727 bits per heavy atom. The normalized spacial score (nSPS) is 16.1. The first-order valence-corrected chi connectivity index (χ1v) is 11.6. The van der Waals surface area contributed by atoms with Gasteiger partial charge in [-0.1, -0.05) is 68.5 Å². The van der Waals surface area contributed by atoms with E-state index in [2.05, 4.69) is 6.92 Å². The zero-order chi connectivity index (χ0) is 23.5. The minimum Gasteiger partial charge on any atom is -0.203 e. The van der Waals surface area contributed by atoms with Gasteiger partial charge in [-0.15, -0.1) is 0 Å². The molecule has 1 aliphatic carbocycles. The van der Waals surface area contributed by atoms with Gasteiger partial charge in [0.1, 0.15) is 0 Å². The lowest BCUT2D eigenvalue weighted by molar-refractivity contribution is 0.492. The van der Waals surface area contributed by atoms with Crippen molar-refractivity contribution >= 4 is 5.57 Å². The van der Waals surface area contributed by atoms with Crippen LogP contribution < -0.4 is 0 Å². The van der Waals surface area contributed by atoms with E-state index in [1.807, 2.05) is 18.2 Å². The van der Waals surface area contributed by atoms with E-state index < -0.39 is 23.3 Å². The highest BCUT2D eigenvalue weighted by molar-refractivity contribution is 5.67. The fraction of sp³-hybridized carbons (Fsp3) is 0.310. The highest BCUT2D eigenvalue weighted by Crippen LogP contribution is 2.33. The van der Waals surface area contributed by atoms with Gasteiger partial charge in [-0.25, -0.2) is 17.6 Å². The molecule has 3 aromatic rings. The summed E-state index contributed by atoms with van der Waals surface area (Å²) >= 11 is 0. The lowest BCUT2D eigenvalue weighted by Crippen LogP contribution is -2.05. The molecule has 33 heavy (non-hydrogen) atoms. The number of hydrogen-bond donors (Lipinski definition) is 0. The molecule has 3 aromatic carbocycles. The molecule has 1 unspecified atom stereocenters. The quantitative estimate of drug-likeness (QED) is 0.329. The Morgan fingerprint density at radius 3 is 2.03 bits per heavy atom. The first kappa shape index (κ1) is 23.3. The van der Waals surface area contributed by atoms with Crippen molar-refractivity contribution < 1.29 is 17.6 Å². The molecule has 0 radical (unpaired) electrons. The molecule has 0 saturated carbocycles. The maximum atomic E-state index is 14.8. The molecule has 0 bridgehead atoms. The molecular weight excluding hydrogens is 424 g/mol. The molecule has 4 heteroatoms. The maximum Gasteiger partial charge on any atom is 0.166 e. The minimum absolute atomic E-state index is 0.214. The Labute approximate surface area is 193 Å². The first-order valence-electron chi connectivity index (χ1n) is 11.6. The summed E-state index contributed by atoms with van der Waals surface area (Å²) in [6.45, 7) is 3.94. The monoisotopic (exact) mass is 452 g/mol. The smallest absolute Gasteiger partial charge is 0.166 e. The highest BCUT2D eigenvalue weighted by atomic mass is 19.2. The SMILES string of the molecule is CCc1ccc(-c2ccc(CCc3ccc(C4=CCC(C)CC4)c(F)c3F)cc2)c(F)c1F. The second-order valence-electron chi connectivity index (χ2n) is 8.96. The van der Waals surface area contributed by atoms with E-state index in [0.29, 0.717) is 47.4 Å². The van der Waals surface area contributed by atoms with Gasteiger partial charge < -0.3 is 0 Å². The van der Waals surface area contributed by atoms with E-state index >= 15 is 0 Å². The van der Waals surface area contributed by atoms with Crippen LogP contribution in [0.3, 0.4) is 0 Å². The van der Waals surface area contributed by atoms with E-state index in [0.717, 1.165) is 30.4 Å². The van der Waals surface area contributed by atoms with E-state index in [-0.39, 0.29) is 5.56 Å². The second kappa shape index (κ2) is 9.94. The molecule has 0 aliphatic heterocycles. The fourth-order valence-electron chi connectivity index (χ4n) is 4.46. The van der Waals surface area contributed by atoms with Gasteiger partial charge in [0.15, 0.2) is 23.3 Å². The summed E-state index contributed by atoms with van der Waals surface area (Å²) in [6, 6.07) is 13.7. The summed E-state index contributed by atoms with van der Waals surface area (Å²) in [4.78, 5) is 0. The lowest BCUT2D eigenvalue weighted by atomic mass is 9.87. The van der Waals surface area contributed by atoms with Gasteiger partial charge in [0.05, 0.1) is 0 Å². The summed E-state index contributed by atoms with van der Waals surface area (Å²) < 4.78 is 58.0. The van der Waals surface area contributed by atoms with Crippen molar-refractivity contribution in [2.75, 3.05) is 0 Å². The molecule has 0 heterocycles. The summed E-state index contributed by atoms with van der Waals surface area (Å²) in [5.74, 6) is -2.62. The Kier molecular flexibility index (Phi) is 7.02. The van der Waals surface area contributed by atoms with Crippen molar-refractivity contribution in [1.82, 2.24) is 0 Å². The predicted molar refractivity (Wildman–Crippen MR) is 126 cm³/mol. The number of halogens is 4. The maximum absolute atomic E-state index is 14.8. The number of benzene rings is 3. The molecule has 0 N–H and O–H groups in total. The van der Waals surface area contributed by atoms with Crippen LogP contribution in [0.5, 0.6) is 0 Å². The van der Waals surface area contributed by atoms with Crippen molar-refractivity contribution in [3.05, 3.63) is 100 Å². The third-order valence-electron chi connectivity index (χ3n) is 6.67. The lowest BCUT2D eigenvalue weighted by Gasteiger charge is -2.19. The van der Waals surface area contributed by atoms with Crippen LogP contribution in [0.1, 0.15) is 55.4 Å². The molecule has 1 aliphatic rings. The Morgan fingerprint density at radius 2 is 1.36 bits per heavy atom. The molecule has 0 saturated heterocycles. The molecule has 0 amide bonds. The fourth-order valence-corrected chi connectivity index (χ4v) is 4.46. The summed E-state index contributed by atoms with van der Waals surface area (Å²) in [7, 11) is 0. The summed E-state index contributed by atoms with van der Waals surface area (Å²) in [5, 5.41) is 0. The van der Waals surface area contributed by atoms with Crippen LogP contribution >= 0.6 is 0 Å². The summed E-state index contributed by atoms with van der Waals surface area (Å²) in [6.07, 6.45) is 5.98. The third kappa shape index (κ3) is 4.90. The number of rotatable bonds is 6. The number of aryl methyl sites for hydroxylation is 3. The topological polar surface area (TPSA) is 0 Å². The van der Waals surface area contributed by atoms with Crippen molar-refractivity contribution in [3.63, 3.8) is 0 Å². The van der Waals surface area contributed by atoms with Crippen LogP contribution in [0.2, 0.25) is 0 Å². The van der Waals surface area contributed by atoms with Crippen molar-refractivity contribution in [3.8, 4) is 11.1 Å². The molecule has 0 aromatic heterocycles. The second-order valence-corrected chi connectivity index (χ2v) is 8.96. The average Bonchev–Trinajstić information content (AvgIpc) is 2.83. The van der Waals surface area contributed by atoms with Crippen molar-refractivity contribution in [2.24, 2.45) is 5.92 Å². The van der Waals surface area contributed by atoms with Gasteiger partial charge in [0, 0.05) is 11.1 Å². The minimum atomic E-state index is -0.845. The van der Waals surface area contributed by atoms with Gasteiger partial charge in [-0.3, -0.25) is 0 Å². The standard InChI is InChI=1S/C29H28F4/c1-3-20-14-16-24(28(32)26(20)30)22-11-6-19(7-12-22)8-13-23-15-17-25(29(33)27(23)31)21-9-4-18(2)5-10-21/h6-7,9,11-12,14-18H,3-5,8,10,13H2,1-2H3. The molecule has 0 fully saturated rings. The van der Waals surface area contributed by atoms with Gasteiger partial charge in [-0.05, 0) is 72.3 Å². The molecule has 4 rings (SSSR count). The van der Waals surface area contributed by atoms with Gasteiger partial charge in [-0.2, -0.15) is 0 Å². The summed E-state index contributed by atoms with van der Waals surface area (Å²) in [5.41, 5.74) is 3.66. The number of hydrogen-bond acceptors (Lipinski definition) is 0. The largest absolute Gasteiger partial charge is 0.203 e. The van der Waals surface area contributed by atoms with E-state index in [9.17, 15) is 17.6 Å². The van der Waals surface area contributed by atoms with E-state index in [1.54, 1.807) is 43.3 Å². The zero-order valence-electron chi connectivity index (χ0n) is 19.0. The van der Waals surface area contributed by atoms with Crippen LogP contribution in [0, 0.1) is 29.2 Å². The van der Waals surface area contributed by atoms with Crippen molar-refractivity contribution in [1.29, 1.82) is 0 Å². The molecule has 172 valence electrons. The Hall–Kier alpha value is -2.88. The zero-order valence-corrected chi connectivity index (χ0v) is 19.0. The first-order chi connectivity index (χ1) is 15.9. The van der Waals surface area contributed by atoms with Crippen LogP contribution in [-0.4, -0.2) is 0 Å². The Bertz CT molecular complexity index is 1180. The van der Waals surface area contributed by atoms with Crippen LogP contribution in [-0.2, 0) is 19.3 Å². The van der Waals surface area contributed by atoms with Crippen LogP contribution in [0.15, 0.2) is 54.6 Å². The van der Waals surface area contributed by atoms with Crippen LogP contribution in [0.4, 0.5) is 17.6 Å². The molecule has 1 atom stereocenters. The Balaban J connectivity index is 1.47. The van der Waals surface area contributed by atoms with Gasteiger partial charge >= 0.3 is 0 Å². The van der Waals surface area contributed by atoms with E-state index in [4.69, 9.17) is 0 Å². The average molecular weight is 453 g/mol. The van der Waals surface area contributed by atoms with Crippen molar-refractivity contribution in [2.45, 2.75) is 52.4 Å². The third-order valence-corrected chi connectivity index (χ3v) is 6.67. The van der Waals surface area contributed by atoms with Crippen LogP contribution in [0.25, 0.3) is 16.7 Å². The number of allylic oxidation sites excluding steroid dienone is 2. The molecular formula is C29H28F4.